The molecule has 58 nitrogen and oxygen atoms in total. The van der Waals surface area contributed by atoms with E-state index in [1.165, 1.54) is 0 Å². The van der Waals surface area contributed by atoms with E-state index in [1.807, 2.05) is 0 Å². The molecule has 0 aromatic heterocycles. The predicted molar refractivity (Wildman–Crippen MR) is 386 cm³/mol. The molecular weight excluding hydrogens is 1760 g/mol. The highest BCUT2D eigenvalue weighted by atomic mass is 16.8. The number of aliphatic hydroxyl groups excluding tert-OH is 33. The highest BCUT2D eigenvalue weighted by molar-refractivity contribution is 5.73. The topological polar surface area (TPSA) is 920 Å². The molecule has 744 valence electrons. The zero-order valence-corrected chi connectivity index (χ0v) is 67.7. The molecule has 11 fully saturated rings. The molecule has 0 aromatic rings. The van der Waals surface area contributed by atoms with Crippen molar-refractivity contribution in [3.05, 3.63) is 0 Å². The number of hydrogen-bond acceptors (Lipinski definition) is 56. The van der Waals surface area contributed by atoms with Gasteiger partial charge in [0.05, 0.1) is 72.7 Å². The SMILES string of the molecule is CC(=O)N[C@@H]1[C@@H](O)[C@H](O[C@@H]2O[C@H](CO)[C@@H](O[C@@H]3O[C@H](CO[C@H]4O[C@H](CO[C@H]5O[C@H](CO)[C@@H](O)[C@H](O)[C@@H]5O[C@H]5O[C@H](CO)[C@@H](O)[C@H](O)[C@@H]5O)[C@@H](O)[C@H](O[C@H]5O[C@H](CO)[C@@H](O)[C@H](O)[C@@H]5O[C@H]5O[C@@H]([C@H](O)CO)[C@H](O)[C@H]5O)[C@@H]4O)[C@@H](O)[C@H](O[C@H]4O[C@H](CO)[C@@H](O)[C@H](O)[C@@H]4O[C@H]4O[C@H](CO)[C@@H](O)[C@H](O)[C@@H]4O[C@H]4O[C@H](CO)[C@@H](O)[C@H](O)[C@@H]4O)[C@@H]3O)[C@H](O)[C@H]2NC(C)=O)[C@@H](CO)O[C@H]1O. The van der Waals surface area contributed by atoms with Gasteiger partial charge in [-0.25, -0.2) is 0 Å². The molecule has 128 heavy (non-hydrogen) atoms. The minimum atomic E-state index is -2.69. The molecule has 55 atom stereocenters. The highest BCUT2D eigenvalue weighted by Gasteiger charge is 2.63. The molecule has 35 N–H and O–H groups in total. The van der Waals surface area contributed by atoms with Crippen molar-refractivity contribution >= 4 is 11.8 Å². The van der Waals surface area contributed by atoms with Crippen molar-refractivity contribution < 1.29 is 278 Å². The Labute approximate surface area is 722 Å². The van der Waals surface area contributed by atoms with Crippen LogP contribution >= 0.6 is 0 Å². The van der Waals surface area contributed by atoms with Gasteiger partial charge >= 0.3 is 0 Å². The number of aliphatic hydroxyl groups is 33. The van der Waals surface area contributed by atoms with Crippen LogP contribution in [0.1, 0.15) is 13.8 Å². The van der Waals surface area contributed by atoms with E-state index in [1.54, 1.807) is 0 Å². The number of carbonyl (C=O) groups is 2. The van der Waals surface area contributed by atoms with E-state index in [-0.39, 0.29) is 0 Å². The molecule has 11 aliphatic heterocycles. The standard InChI is InChI=1S/C70H118N2O56/c1-14(82)71-27-37(93)52(23(10-80)110-60(27)107)121-61-28(72-15(2)83)38(94)53(24(11-81)117-61)122-66-50(106)55(124-69-59(44(100)34(90)21(8-78)115-69)128-70-58(43(99)33(89)22(9-79)116-70)126-64-47(103)40(96)30(86)18(5-75)112-64)36(92)26(119-66)12-108-62-49(105)54(123-68-57(42(98)32(88)20(7-77)114-68)127-65-48(104)45(101)51(120-65)16(84)3-73)35(91)25(118-62)13-109-67-56(41(97)31(87)19(6-76)113-67)125-63-46(102)39(95)29(85)17(4-74)111-63/h16-70,73-81,84-107H,3-13H2,1-2H3,(H,71,82)(H,72,83)/t16-,17-,18-,19-,20-,21-,22-,23-,24-,25-,26-,27-,28-,29-,30-,31-,32-,33-,34-,35-,36-,37-,38-,39+,40+,41+,42+,43+,44+,45-,46+,47+,48-,49+,50+,51+,52-,53-,54+,55+,56+,57+,58+,59+,60-,61+,62+,63-,64-,65-,66+,67+,68-,69-,70-/m1/s1. The van der Waals surface area contributed by atoms with E-state index in [2.05, 4.69) is 10.6 Å². The zero-order valence-electron chi connectivity index (χ0n) is 67.7. The van der Waals surface area contributed by atoms with Gasteiger partial charge in [-0.3, -0.25) is 9.59 Å². The number of nitrogens with one attached hydrogen (secondary N) is 2. The van der Waals surface area contributed by atoms with Crippen molar-refractivity contribution in [1.29, 1.82) is 0 Å². The van der Waals surface area contributed by atoms with E-state index < -0.39 is 422 Å². The monoisotopic (exact) mass is 1880 g/mol. The van der Waals surface area contributed by atoms with Gasteiger partial charge in [-0.2, -0.15) is 0 Å². The van der Waals surface area contributed by atoms with Crippen LogP contribution in [-0.2, 0) is 109 Å². The van der Waals surface area contributed by atoms with Crippen molar-refractivity contribution in [3.8, 4) is 0 Å². The molecule has 0 bridgehead atoms. The van der Waals surface area contributed by atoms with Crippen molar-refractivity contribution in [2.75, 3.05) is 72.7 Å². The lowest BCUT2D eigenvalue weighted by molar-refractivity contribution is -0.408. The Morgan fingerprint density at radius 2 is 0.508 bits per heavy atom. The van der Waals surface area contributed by atoms with Crippen molar-refractivity contribution in [2.24, 2.45) is 0 Å². The first-order valence-corrected chi connectivity index (χ1v) is 40.7. The molecule has 0 aliphatic carbocycles. The fraction of sp³-hybridized carbons (Fsp3) is 0.971. The van der Waals surface area contributed by atoms with E-state index in [9.17, 15) is 178 Å². The Balaban J connectivity index is 0.960. The summed E-state index contributed by atoms with van der Waals surface area (Å²) in [7, 11) is 0. The predicted octanol–water partition coefficient (Wildman–Crippen LogP) is -24.7. The molecule has 0 unspecified atom stereocenters. The molecule has 0 radical (unpaired) electrons. The van der Waals surface area contributed by atoms with Gasteiger partial charge in [-0.15, -0.1) is 0 Å². The lowest BCUT2D eigenvalue weighted by Crippen LogP contribution is -2.70. The highest BCUT2D eigenvalue weighted by Crippen LogP contribution is 2.42. The average molecular weight is 1880 g/mol. The zero-order chi connectivity index (χ0) is 94.0. The van der Waals surface area contributed by atoms with Gasteiger partial charge in [0.1, 0.15) is 268 Å². The Morgan fingerprint density at radius 1 is 0.242 bits per heavy atom. The van der Waals surface area contributed by atoms with E-state index >= 15 is 0 Å². The van der Waals surface area contributed by atoms with Crippen molar-refractivity contribution in [3.63, 3.8) is 0 Å². The molecular formula is C70H118N2O56. The minimum absolute atomic E-state index is 0.824. The van der Waals surface area contributed by atoms with E-state index in [0.717, 1.165) is 13.8 Å². The second-order valence-corrected chi connectivity index (χ2v) is 32.3. The van der Waals surface area contributed by atoms with Gasteiger partial charge in [0.2, 0.25) is 11.8 Å². The molecule has 0 aromatic carbocycles. The smallest absolute Gasteiger partial charge is 0.217 e. The summed E-state index contributed by atoms with van der Waals surface area (Å²) in [6.07, 6.45) is -117. The summed E-state index contributed by atoms with van der Waals surface area (Å²) in [5.41, 5.74) is 0. The summed E-state index contributed by atoms with van der Waals surface area (Å²) in [6, 6.07) is -3.71. The number of ether oxygens (including phenoxy) is 21. The fourth-order valence-corrected chi connectivity index (χ4v) is 16.5. The Bertz CT molecular complexity index is 3390. The normalized spacial score (nSPS) is 51.3. The maximum atomic E-state index is 13.1. The average Bonchev–Trinajstić information content (AvgIpc) is 0.855. The van der Waals surface area contributed by atoms with Crippen LogP contribution in [0.5, 0.6) is 0 Å². The number of hydrogen-bond donors (Lipinski definition) is 35. The molecule has 11 saturated heterocycles. The summed E-state index contributed by atoms with van der Waals surface area (Å²) < 4.78 is 124. The fourth-order valence-electron chi connectivity index (χ4n) is 16.5. The number of rotatable bonds is 34. The first-order chi connectivity index (χ1) is 60.7. The second kappa shape index (κ2) is 45.8. The summed E-state index contributed by atoms with van der Waals surface area (Å²) in [5, 5.41) is 372. The molecule has 0 saturated carbocycles. The van der Waals surface area contributed by atoms with Crippen LogP contribution in [0.4, 0.5) is 0 Å². The maximum Gasteiger partial charge on any atom is 0.217 e. The van der Waals surface area contributed by atoms with Crippen LogP contribution in [0.3, 0.4) is 0 Å². The maximum absolute atomic E-state index is 13.1. The molecule has 0 spiro atoms. The third-order valence-corrected chi connectivity index (χ3v) is 23.7. The molecule has 2 amide bonds. The van der Waals surface area contributed by atoms with Crippen LogP contribution in [0.25, 0.3) is 0 Å². The van der Waals surface area contributed by atoms with Crippen molar-refractivity contribution in [1.82, 2.24) is 10.6 Å². The third kappa shape index (κ3) is 22.5. The van der Waals surface area contributed by atoms with Gasteiger partial charge in [0.25, 0.3) is 0 Å². The van der Waals surface area contributed by atoms with Gasteiger partial charge < -0.3 is 279 Å². The van der Waals surface area contributed by atoms with Crippen LogP contribution in [0.15, 0.2) is 0 Å². The summed E-state index contributed by atoms with van der Waals surface area (Å²) in [5.74, 6) is -1.82. The summed E-state index contributed by atoms with van der Waals surface area (Å²) in [4.78, 5) is 25.4. The Morgan fingerprint density at radius 3 is 0.898 bits per heavy atom. The van der Waals surface area contributed by atoms with Crippen molar-refractivity contribution in [2.45, 2.75) is 351 Å². The van der Waals surface area contributed by atoms with Crippen LogP contribution in [0, 0.1) is 0 Å². The lowest BCUT2D eigenvalue weighted by Gasteiger charge is -2.51. The van der Waals surface area contributed by atoms with Crippen LogP contribution in [0.2, 0.25) is 0 Å². The third-order valence-electron chi connectivity index (χ3n) is 23.7. The molecule has 11 aliphatic rings. The van der Waals surface area contributed by atoms with Crippen LogP contribution in [-0.4, -0.2) is 591 Å². The molecule has 58 heteroatoms. The molecule has 11 heterocycles. The van der Waals surface area contributed by atoms with Gasteiger partial charge in [-0.05, 0) is 0 Å². The number of carbonyl (C=O) groups excluding carboxylic acids is 2. The quantitative estimate of drug-likeness (QED) is 0.0284. The van der Waals surface area contributed by atoms with Gasteiger partial charge in [-0.1, -0.05) is 0 Å². The summed E-state index contributed by atoms with van der Waals surface area (Å²) >= 11 is 0. The van der Waals surface area contributed by atoms with Crippen LogP contribution < -0.4 is 10.6 Å². The first kappa shape index (κ1) is 105. The minimum Gasteiger partial charge on any atom is -0.394 e. The van der Waals surface area contributed by atoms with Gasteiger partial charge in [0.15, 0.2) is 69.2 Å². The van der Waals surface area contributed by atoms with E-state index in [0.29, 0.717) is 0 Å². The number of amides is 2. The largest absolute Gasteiger partial charge is 0.394 e. The van der Waals surface area contributed by atoms with E-state index in [4.69, 9.17) is 99.5 Å². The first-order valence-electron chi connectivity index (χ1n) is 40.7. The Hall–Kier alpha value is -3.22. The molecule has 11 rings (SSSR count). The lowest BCUT2D eigenvalue weighted by atomic mass is 9.94. The van der Waals surface area contributed by atoms with Gasteiger partial charge in [0, 0.05) is 13.8 Å². The summed E-state index contributed by atoms with van der Waals surface area (Å²) in [6.45, 7) is -10.9. The second-order valence-electron chi connectivity index (χ2n) is 32.3. The Kier molecular flexibility index (Phi) is 37.7.